The van der Waals surface area contributed by atoms with Gasteiger partial charge in [-0.2, -0.15) is 0 Å². The summed E-state index contributed by atoms with van der Waals surface area (Å²) in [6.45, 7) is 0. The van der Waals surface area contributed by atoms with Crippen molar-refractivity contribution in [2.24, 2.45) is 0 Å². The van der Waals surface area contributed by atoms with Gasteiger partial charge in [0.25, 0.3) is 0 Å². The fraction of sp³-hybridized carbons (Fsp3) is 0.0182. The fourth-order valence-electron chi connectivity index (χ4n) is 20.3. The molecule has 518 valence electrons. The Labute approximate surface area is 649 Å². The Morgan fingerprint density at radius 3 is 0.821 bits per heavy atom. The molecule has 24 rings (SSSR count). The van der Waals surface area contributed by atoms with Crippen LogP contribution >= 0.6 is 0 Å². The summed E-state index contributed by atoms with van der Waals surface area (Å²) in [4.78, 5) is 0. The number of hydrogen-bond donors (Lipinski definition) is 0. The highest BCUT2D eigenvalue weighted by atomic mass is 15.0. The summed E-state index contributed by atoms with van der Waals surface area (Å²) in [5.41, 5.74) is 38.8. The standard InChI is InChI=1S/C110H68N2/c1-3-19-77-63-83(53-47-73(77)17-1)111-105-31-15-9-25-93(105)95-61-71(41-59-107(95)111)35-33-69-37-43-75(44-38-69)79-49-55-89-91-57-51-81(67-103(91)109(101(89)65-79)97-27-11-5-21-85(97)86-22-6-12-28-98(86)109)82-52-58-92-90-56-50-80(66-102(90)110(104(92)68-82)99-29-13-7-23-87(99)88-24-8-14-30-100(88)110)76-45-39-70(40-46-76)34-36-72-42-60-108-96(62-72)94-26-10-16-32-106(94)112(108)84-54-48-74-18-2-4-20-78(74)64-84/h1-68H. The van der Waals surface area contributed by atoms with Crippen LogP contribution in [0.2, 0.25) is 0 Å². The highest BCUT2D eigenvalue weighted by Crippen LogP contribution is 2.66. The maximum Gasteiger partial charge on any atom is 0.0725 e. The van der Waals surface area contributed by atoms with Crippen LogP contribution in [0, 0.1) is 0 Å². The minimum Gasteiger partial charge on any atom is -0.309 e. The number of benzene rings is 18. The van der Waals surface area contributed by atoms with Crippen molar-refractivity contribution in [3.05, 3.63) is 455 Å². The maximum atomic E-state index is 2.56. The topological polar surface area (TPSA) is 9.86 Å². The average molecular weight is 1420 g/mol. The molecule has 0 saturated heterocycles. The first kappa shape index (κ1) is 62.6. The van der Waals surface area contributed by atoms with Crippen molar-refractivity contribution in [2.45, 2.75) is 10.8 Å². The van der Waals surface area contributed by atoms with Gasteiger partial charge in [0.2, 0.25) is 0 Å². The normalized spacial score (nSPS) is 13.6. The van der Waals surface area contributed by atoms with Crippen molar-refractivity contribution in [3.8, 4) is 89.3 Å². The van der Waals surface area contributed by atoms with E-state index in [0.717, 1.165) is 11.1 Å². The van der Waals surface area contributed by atoms with Gasteiger partial charge in [-0.15, -0.1) is 0 Å². The van der Waals surface area contributed by atoms with Crippen LogP contribution in [0.15, 0.2) is 388 Å². The highest BCUT2D eigenvalue weighted by molar-refractivity contribution is 6.12. The van der Waals surface area contributed by atoms with Crippen molar-refractivity contribution >= 4 is 89.5 Å². The number of hydrogen-bond acceptors (Lipinski definition) is 0. The molecule has 0 bridgehead atoms. The zero-order chi connectivity index (χ0) is 73.3. The summed E-state index contributed by atoms with van der Waals surface area (Å²) < 4.78 is 4.82. The van der Waals surface area contributed by atoms with Gasteiger partial charge in [0.1, 0.15) is 0 Å². The molecule has 20 aromatic rings. The number of fused-ring (bicyclic) bond motifs is 28. The van der Waals surface area contributed by atoms with Crippen molar-refractivity contribution in [2.75, 3.05) is 0 Å². The Hall–Kier alpha value is -14.4. The molecule has 2 aromatic heterocycles. The van der Waals surface area contributed by atoms with E-state index in [-0.39, 0.29) is 0 Å². The van der Waals surface area contributed by atoms with Crippen LogP contribution < -0.4 is 0 Å². The summed E-state index contributed by atoms with van der Waals surface area (Å²) in [6.07, 6.45) is 9.02. The molecule has 2 heteroatoms. The van der Waals surface area contributed by atoms with Gasteiger partial charge in [-0.25, -0.2) is 0 Å². The van der Waals surface area contributed by atoms with Gasteiger partial charge in [0.05, 0.1) is 32.9 Å². The molecule has 0 atom stereocenters. The molecular formula is C110H68N2. The Kier molecular flexibility index (Phi) is 13.4. The third-order valence-corrected chi connectivity index (χ3v) is 25.3. The number of rotatable bonds is 9. The van der Waals surface area contributed by atoms with Crippen LogP contribution in [0.25, 0.3) is 179 Å². The largest absolute Gasteiger partial charge is 0.309 e. The van der Waals surface area contributed by atoms with Crippen molar-refractivity contribution in [1.82, 2.24) is 9.13 Å². The Morgan fingerprint density at radius 1 is 0.170 bits per heavy atom. The van der Waals surface area contributed by atoms with Crippen LogP contribution in [-0.2, 0) is 10.8 Å². The Balaban J connectivity index is 0.567. The lowest BCUT2D eigenvalue weighted by atomic mass is 9.69. The Bertz CT molecular complexity index is 6960. The molecule has 0 fully saturated rings. The van der Waals surface area contributed by atoms with Crippen LogP contribution in [0.5, 0.6) is 0 Å². The molecular weight excluding hydrogens is 1350 g/mol. The molecule has 112 heavy (non-hydrogen) atoms. The first-order chi connectivity index (χ1) is 55.5. The van der Waals surface area contributed by atoms with Gasteiger partial charge in [-0.3, -0.25) is 0 Å². The van der Waals surface area contributed by atoms with E-state index in [2.05, 4.69) is 422 Å². The van der Waals surface area contributed by atoms with Gasteiger partial charge in [0, 0.05) is 32.9 Å². The molecule has 4 aliphatic rings. The quantitative estimate of drug-likeness (QED) is 0.128. The summed E-state index contributed by atoms with van der Waals surface area (Å²) in [7, 11) is 0. The van der Waals surface area contributed by atoms with E-state index in [0.29, 0.717) is 0 Å². The molecule has 0 unspecified atom stereocenters. The van der Waals surface area contributed by atoms with Crippen LogP contribution in [0.4, 0.5) is 0 Å². The lowest BCUT2D eigenvalue weighted by Crippen LogP contribution is -2.26. The van der Waals surface area contributed by atoms with Gasteiger partial charge in [0.15, 0.2) is 0 Å². The molecule has 0 N–H and O–H groups in total. The van der Waals surface area contributed by atoms with Gasteiger partial charge < -0.3 is 9.13 Å². The minimum atomic E-state index is -0.559. The van der Waals surface area contributed by atoms with E-state index in [9.17, 15) is 0 Å². The van der Waals surface area contributed by atoms with Crippen LogP contribution in [0.3, 0.4) is 0 Å². The molecule has 0 amide bonds. The monoisotopic (exact) mass is 1420 g/mol. The number of nitrogens with zero attached hydrogens (tertiary/aromatic N) is 2. The fourth-order valence-corrected chi connectivity index (χ4v) is 20.3. The second-order valence-corrected chi connectivity index (χ2v) is 31.0. The summed E-state index contributed by atoms with van der Waals surface area (Å²) >= 11 is 0. The number of para-hydroxylation sites is 2. The molecule has 2 heterocycles. The zero-order valence-corrected chi connectivity index (χ0v) is 61.2. The summed E-state index contributed by atoms with van der Waals surface area (Å²) in [5.74, 6) is 0. The van der Waals surface area contributed by atoms with Crippen molar-refractivity contribution in [1.29, 1.82) is 0 Å². The molecule has 2 spiro atoms. The van der Waals surface area contributed by atoms with E-state index in [1.54, 1.807) is 0 Å². The number of aromatic nitrogens is 2. The van der Waals surface area contributed by atoms with Crippen molar-refractivity contribution < 1.29 is 0 Å². The average Bonchev–Trinajstić information content (AvgIpc) is 1.51. The lowest BCUT2D eigenvalue weighted by molar-refractivity contribution is 0.793. The SMILES string of the molecule is C(=Cc1ccc2c(c1)c1ccccc1n2-c1ccc2ccccc2c1)c1ccc(-c2ccc3c(c2)C2(c4ccccc4-c4ccccc42)c2cc(-c4ccc5c(c4)C4(c6ccccc6-c6ccccc64)c4cc(-c6ccc(C=Cc7ccc8c(c7)c7ccccc7n8-c7ccc8ccccc8c7)cc6)ccc4-5)ccc2-3)cc1. The Morgan fingerprint density at radius 2 is 0.446 bits per heavy atom. The van der Waals surface area contributed by atoms with Gasteiger partial charge >= 0.3 is 0 Å². The van der Waals surface area contributed by atoms with Crippen LogP contribution in [-0.4, -0.2) is 9.13 Å². The van der Waals surface area contributed by atoms with E-state index >= 15 is 0 Å². The molecule has 0 aliphatic heterocycles. The van der Waals surface area contributed by atoms with Crippen molar-refractivity contribution in [3.63, 3.8) is 0 Å². The molecule has 2 nitrogen and oxygen atoms in total. The minimum absolute atomic E-state index is 0.559. The second-order valence-electron chi connectivity index (χ2n) is 31.0. The first-order valence-electron chi connectivity index (χ1n) is 39.1. The highest BCUT2D eigenvalue weighted by Gasteiger charge is 2.54. The van der Waals surface area contributed by atoms with E-state index in [1.807, 2.05) is 0 Å². The van der Waals surface area contributed by atoms with Gasteiger partial charge in [-0.05, 0) is 251 Å². The molecule has 0 saturated carbocycles. The predicted molar refractivity (Wildman–Crippen MR) is 470 cm³/mol. The lowest BCUT2D eigenvalue weighted by Gasteiger charge is -2.31. The third-order valence-electron chi connectivity index (χ3n) is 25.3. The van der Waals surface area contributed by atoms with E-state index in [1.165, 1.54) is 210 Å². The van der Waals surface area contributed by atoms with Gasteiger partial charge in [-0.1, -0.05) is 328 Å². The van der Waals surface area contributed by atoms with Crippen LogP contribution in [0.1, 0.15) is 66.8 Å². The van der Waals surface area contributed by atoms with E-state index < -0.39 is 10.8 Å². The first-order valence-corrected chi connectivity index (χ1v) is 39.1. The molecule has 18 aromatic carbocycles. The summed E-state index contributed by atoms with van der Waals surface area (Å²) in [6, 6.07) is 147. The van der Waals surface area contributed by atoms with E-state index in [4.69, 9.17) is 0 Å². The maximum absolute atomic E-state index is 2.56. The third kappa shape index (κ3) is 9.03. The predicted octanol–water partition coefficient (Wildman–Crippen LogP) is 28.2. The second kappa shape index (κ2) is 24.0. The smallest absolute Gasteiger partial charge is 0.0725 e. The molecule has 0 radical (unpaired) electrons. The molecule has 4 aliphatic carbocycles. The summed E-state index contributed by atoms with van der Waals surface area (Å²) in [5, 5.41) is 9.95. The zero-order valence-electron chi connectivity index (χ0n) is 61.2.